The largest absolute Gasteiger partial charge is 0.353 e. The summed E-state index contributed by atoms with van der Waals surface area (Å²) >= 11 is 0. The zero-order valence-corrected chi connectivity index (χ0v) is 18.4. The molecular weight excluding hydrogens is 388 g/mol. The van der Waals surface area contributed by atoms with Crippen LogP contribution in [0.4, 0.5) is 17.3 Å². The molecule has 0 atom stereocenters. The van der Waals surface area contributed by atoms with Gasteiger partial charge in [0.05, 0.1) is 0 Å². The van der Waals surface area contributed by atoms with Crippen LogP contribution >= 0.6 is 0 Å². The monoisotopic (exact) mass is 420 g/mol. The van der Waals surface area contributed by atoms with Gasteiger partial charge in [-0.1, -0.05) is 12.2 Å². The van der Waals surface area contributed by atoms with Crippen molar-refractivity contribution in [2.24, 2.45) is 0 Å². The highest BCUT2D eigenvalue weighted by atomic mass is 16.5. The Bertz CT molecular complexity index is 965. The molecule has 0 spiro atoms. The minimum Gasteiger partial charge on any atom is -0.353 e. The Balaban J connectivity index is 1.63. The molecule has 0 unspecified atom stereocenters. The van der Waals surface area contributed by atoms with E-state index in [1.54, 1.807) is 0 Å². The second kappa shape index (κ2) is 9.58. The number of aromatic nitrogens is 2. The average molecular weight is 421 g/mol. The summed E-state index contributed by atoms with van der Waals surface area (Å²) in [5, 5.41) is 22.5. The van der Waals surface area contributed by atoms with Crippen molar-refractivity contribution in [3.8, 4) is 0 Å². The third-order valence-electron chi connectivity index (χ3n) is 6.21. The SMILES string of the molecule is Cc1nc(Nc2cc(C3CCN(O)CC3)c(C)cc2C=N)cc(N2CC=CCCC2)n1. The van der Waals surface area contributed by atoms with E-state index in [1.807, 2.05) is 13.0 Å². The number of allylic oxidation sites excluding steroid dienone is 1. The maximum absolute atomic E-state index is 9.72. The molecule has 164 valence electrons. The first-order valence-corrected chi connectivity index (χ1v) is 11.1. The Hall–Kier alpha value is -2.77. The van der Waals surface area contributed by atoms with Gasteiger partial charge in [0.2, 0.25) is 0 Å². The van der Waals surface area contributed by atoms with Crippen molar-refractivity contribution >= 4 is 23.5 Å². The van der Waals surface area contributed by atoms with Gasteiger partial charge in [0.25, 0.3) is 0 Å². The fourth-order valence-electron chi connectivity index (χ4n) is 4.53. The Morgan fingerprint density at radius 1 is 1.10 bits per heavy atom. The molecule has 1 aromatic carbocycles. The smallest absolute Gasteiger partial charge is 0.136 e. The third-order valence-corrected chi connectivity index (χ3v) is 6.21. The lowest BCUT2D eigenvalue weighted by molar-refractivity contribution is -0.106. The van der Waals surface area contributed by atoms with Crippen LogP contribution in [0.1, 0.15) is 54.1 Å². The summed E-state index contributed by atoms with van der Waals surface area (Å²) in [4.78, 5) is 11.6. The number of nitrogens with one attached hydrogen (secondary N) is 2. The molecule has 4 rings (SSSR count). The summed E-state index contributed by atoms with van der Waals surface area (Å²) in [7, 11) is 0. The van der Waals surface area contributed by atoms with Gasteiger partial charge < -0.3 is 20.8 Å². The van der Waals surface area contributed by atoms with Crippen LogP contribution in [-0.4, -0.2) is 52.6 Å². The van der Waals surface area contributed by atoms with Crippen molar-refractivity contribution in [3.63, 3.8) is 0 Å². The lowest BCUT2D eigenvalue weighted by Gasteiger charge is -2.29. The maximum Gasteiger partial charge on any atom is 0.136 e. The van der Waals surface area contributed by atoms with E-state index in [0.717, 1.165) is 67.5 Å². The standard InChI is InChI=1S/C24H32N6O/c1-17-13-20(16-25)22(14-21(17)19-7-11-30(31)12-8-19)28-23-15-24(27-18(2)26-23)29-9-5-3-4-6-10-29/h3,5,13-16,19,25,31H,4,6-12H2,1-2H3,(H,26,27,28). The van der Waals surface area contributed by atoms with Gasteiger partial charge in [-0.2, -0.15) is 5.06 Å². The van der Waals surface area contributed by atoms with E-state index in [9.17, 15) is 5.21 Å². The number of hydrogen-bond donors (Lipinski definition) is 3. The van der Waals surface area contributed by atoms with Crippen molar-refractivity contribution in [1.82, 2.24) is 15.0 Å². The Morgan fingerprint density at radius 3 is 2.68 bits per heavy atom. The van der Waals surface area contributed by atoms with Crippen LogP contribution in [-0.2, 0) is 0 Å². The van der Waals surface area contributed by atoms with Gasteiger partial charge in [-0.15, -0.1) is 0 Å². The molecular formula is C24H32N6O. The minimum absolute atomic E-state index is 0.412. The Morgan fingerprint density at radius 2 is 1.90 bits per heavy atom. The predicted molar refractivity (Wildman–Crippen MR) is 125 cm³/mol. The lowest BCUT2D eigenvalue weighted by Crippen LogP contribution is -2.30. The average Bonchev–Trinajstić information content (AvgIpc) is 3.05. The summed E-state index contributed by atoms with van der Waals surface area (Å²) < 4.78 is 0. The highest BCUT2D eigenvalue weighted by Gasteiger charge is 2.22. The van der Waals surface area contributed by atoms with Crippen LogP contribution in [0.5, 0.6) is 0 Å². The van der Waals surface area contributed by atoms with Gasteiger partial charge in [0.1, 0.15) is 17.5 Å². The molecule has 7 heteroatoms. The minimum atomic E-state index is 0.412. The van der Waals surface area contributed by atoms with Crippen molar-refractivity contribution in [2.75, 3.05) is 36.4 Å². The quantitative estimate of drug-likeness (QED) is 0.485. The second-order valence-electron chi connectivity index (χ2n) is 8.51. The van der Waals surface area contributed by atoms with Crippen LogP contribution in [0.15, 0.2) is 30.4 Å². The summed E-state index contributed by atoms with van der Waals surface area (Å²) in [6.45, 7) is 7.25. The zero-order valence-electron chi connectivity index (χ0n) is 18.4. The van der Waals surface area contributed by atoms with Crippen LogP contribution in [0.3, 0.4) is 0 Å². The topological polar surface area (TPSA) is 88.4 Å². The van der Waals surface area contributed by atoms with Gasteiger partial charge in [0.15, 0.2) is 0 Å². The molecule has 0 aliphatic carbocycles. The van der Waals surface area contributed by atoms with Crippen molar-refractivity contribution in [3.05, 3.63) is 52.9 Å². The molecule has 3 heterocycles. The molecule has 0 bridgehead atoms. The zero-order chi connectivity index (χ0) is 21.8. The summed E-state index contributed by atoms with van der Waals surface area (Å²) in [5.41, 5.74) is 4.21. The van der Waals surface area contributed by atoms with E-state index in [2.05, 4.69) is 51.4 Å². The number of piperidine rings is 1. The summed E-state index contributed by atoms with van der Waals surface area (Å²) in [6, 6.07) is 6.24. The van der Waals surface area contributed by atoms with Crippen LogP contribution < -0.4 is 10.2 Å². The van der Waals surface area contributed by atoms with E-state index in [4.69, 9.17) is 5.41 Å². The molecule has 1 aromatic heterocycles. The molecule has 0 amide bonds. The fraction of sp³-hybridized carbons (Fsp3) is 0.458. The first-order valence-electron chi connectivity index (χ1n) is 11.1. The van der Waals surface area contributed by atoms with E-state index in [1.165, 1.54) is 22.4 Å². The van der Waals surface area contributed by atoms with Crippen LogP contribution in [0.2, 0.25) is 0 Å². The van der Waals surface area contributed by atoms with Crippen molar-refractivity contribution in [2.45, 2.75) is 45.4 Å². The van der Waals surface area contributed by atoms with E-state index >= 15 is 0 Å². The lowest BCUT2D eigenvalue weighted by atomic mass is 9.86. The molecule has 31 heavy (non-hydrogen) atoms. The number of nitrogens with zero attached hydrogens (tertiary/aromatic N) is 4. The van der Waals surface area contributed by atoms with Crippen LogP contribution in [0, 0.1) is 19.3 Å². The highest BCUT2D eigenvalue weighted by molar-refractivity contribution is 5.88. The predicted octanol–water partition coefficient (Wildman–Crippen LogP) is 4.56. The molecule has 7 nitrogen and oxygen atoms in total. The number of aryl methyl sites for hydroxylation is 2. The molecule has 0 saturated carbocycles. The third kappa shape index (κ3) is 5.11. The Kier molecular flexibility index (Phi) is 6.63. The van der Waals surface area contributed by atoms with Crippen molar-refractivity contribution < 1.29 is 5.21 Å². The maximum atomic E-state index is 9.72. The molecule has 1 fully saturated rings. The number of benzene rings is 1. The van der Waals surface area contributed by atoms with E-state index in [0.29, 0.717) is 19.0 Å². The number of hydrogen-bond acceptors (Lipinski definition) is 7. The number of anilines is 3. The van der Waals surface area contributed by atoms with E-state index < -0.39 is 0 Å². The van der Waals surface area contributed by atoms with E-state index in [-0.39, 0.29) is 0 Å². The van der Waals surface area contributed by atoms with Gasteiger partial charge in [-0.05, 0) is 68.7 Å². The van der Waals surface area contributed by atoms with Crippen molar-refractivity contribution in [1.29, 1.82) is 5.41 Å². The van der Waals surface area contributed by atoms with Gasteiger partial charge in [-0.25, -0.2) is 9.97 Å². The van der Waals surface area contributed by atoms with Gasteiger partial charge in [-0.3, -0.25) is 0 Å². The first kappa shape index (κ1) is 21.5. The number of hydroxylamine groups is 2. The van der Waals surface area contributed by atoms with Gasteiger partial charge in [0, 0.05) is 49.7 Å². The second-order valence-corrected chi connectivity index (χ2v) is 8.51. The molecule has 3 N–H and O–H groups in total. The first-order chi connectivity index (χ1) is 15.0. The van der Waals surface area contributed by atoms with Crippen LogP contribution in [0.25, 0.3) is 0 Å². The molecule has 0 radical (unpaired) electrons. The molecule has 1 saturated heterocycles. The molecule has 2 aliphatic heterocycles. The summed E-state index contributed by atoms with van der Waals surface area (Å²) in [5.74, 6) is 2.82. The highest BCUT2D eigenvalue weighted by Crippen LogP contribution is 2.34. The van der Waals surface area contributed by atoms with Gasteiger partial charge >= 0.3 is 0 Å². The Labute approximate surface area is 184 Å². The molecule has 2 aromatic rings. The molecule has 2 aliphatic rings. The fourth-order valence-corrected chi connectivity index (χ4v) is 4.53. The number of rotatable bonds is 5. The summed E-state index contributed by atoms with van der Waals surface area (Å²) in [6.07, 6.45) is 9.92. The normalized spacial score (nSPS) is 18.1.